The Morgan fingerprint density at radius 1 is 1.56 bits per heavy atom. The zero-order valence-electron chi connectivity index (χ0n) is 10.2. The summed E-state index contributed by atoms with van der Waals surface area (Å²) in [7, 11) is -3.49. The molecule has 1 unspecified atom stereocenters. The van der Waals surface area contributed by atoms with Crippen molar-refractivity contribution < 1.29 is 13.5 Å². The van der Waals surface area contributed by atoms with E-state index in [9.17, 15) is 13.5 Å². The van der Waals surface area contributed by atoms with E-state index in [2.05, 4.69) is 4.72 Å². The normalized spacial score (nSPS) is 20.4. The largest absolute Gasteiger partial charge is 0.391 e. The highest BCUT2D eigenvalue weighted by atomic mass is 32.2. The summed E-state index contributed by atoms with van der Waals surface area (Å²) >= 11 is 3.11. The average molecular weight is 307 g/mol. The van der Waals surface area contributed by atoms with Crippen molar-refractivity contribution >= 4 is 33.1 Å². The third-order valence-corrected chi connectivity index (χ3v) is 7.20. The molecular formula is C11H17NO3S3. The first-order valence-electron chi connectivity index (χ1n) is 5.83. The van der Waals surface area contributed by atoms with Crippen LogP contribution in [0.5, 0.6) is 0 Å². The van der Waals surface area contributed by atoms with Crippen molar-refractivity contribution in [2.24, 2.45) is 0 Å². The predicted octanol–water partition coefficient (Wildman–Crippen LogP) is 1.72. The molecule has 2 heterocycles. The fraction of sp³-hybridized carbons (Fsp3) is 0.636. The van der Waals surface area contributed by atoms with Gasteiger partial charge in [-0.05, 0) is 36.5 Å². The van der Waals surface area contributed by atoms with Crippen LogP contribution in [0.2, 0.25) is 0 Å². The molecule has 18 heavy (non-hydrogen) atoms. The monoisotopic (exact) mass is 307 g/mol. The van der Waals surface area contributed by atoms with Gasteiger partial charge < -0.3 is 5.11 Å². The van der Waals surface area contributed by atoms with E-state index in [0.29, 0.717) is 22.2 Å². The molecule has 1 fully saturated rings. The van der Waals surface area contributed by atoms with E-state index in [0.717, 1.165) is 18.6 Å². The molecule has 1 atom stereocenters. The Balaban J connectivity index is 2.11. The number of rotatable bonds is 5. The average Bonchev–Trinajstić information content (AvgIpc) is 2.95. The molecule has 0 amide bonds. The first kappa shape index (κ1) is 14.3. The number of hydrogen-bond acceptors (Lipinski definition) is 5. The number of aryl methyl sites for hydroxylation is 1. The molecule has 0 aromatic carbocycles. The highest BCUT2D eigenvalue weighted by Gasteiger charge is 2.24. The Morgan fingerprint density at radius 2 is 2.33 bits per heavy atom. The lowest BCUT2D eigenvalue weighted by atomic mass is 10.2. The van der Waals surface area contributed by atoms with E-state index in [-0.39, 0.29) is 11.5 Å². The summed E-state index contributed by atoms with van der Waals surface area (Å²) < 4.78 is 27.1. The molecule has 0 radical (unpaired) electrons. The van der Waals surface area contributed by atoms with E-state index in [1.807, 2.05) is 11.8 Å². The highest BCUT2D eigenvalue weighted by Crippen LogP contribution is 2.28. The molecule has 0 saturated carbocycles. The third kappa shape index (κ3) is 3.08. The number of thioether (sulfide) groups is 1. The lowest BCUT2D eigenvalue weighted by molar-refractivity contribution is 0.282. The molecule has 1 saturated heterocycles. The van der Waals surface area contributed by atoms with Gasteiger partial charge in [-0.15, -0.1) is 11.3 Å². The van der Waals surface area contributed by atoms with Gasteiger partial charge in [0.1, 0.15) is 4.90 Å². The fourth-order valence-electron chi connectivity index (χ4n) is 2.04. The summed E-state index contributed by atoms with van der Waals surface area (Å²) in [6.45, 7) is 2.01. The first-order chi connectivity index (χ1) is 8.54. The van der Waals surface area contributed by atoms with E-state index in [1.54, 1.807) is 12.3 Å². The van der Waals surface area contributed by atoms with Crippen LogP contribution in [0.25, 0.3) is 0 Å². The maximum Gasteiger partial charge on any atom is 0.242 e. The Morgan fingerprint density at radius 3 is 2.94 bits per heavy atom. The number of aliphatic hydroxyl groups is 1. The number of hydrogen-bond donors (Lipinski definition) is 2. The smallest absolute Gasteiger partial charge is 0.242 e. The van der Waals surface area contributed by atoms with Crippen LogP contribution < -0.4 is 4.72 Å². The molecule has 0 aliphatic carbocycles. The second-order valence-electron chi connectivity index (χ2n) is 4.32. The lowest BCUT2D eigenvalue weighted by Gasteiger charge is -2.11. The van der Waals surface area contributed by atoms with Crippen molar-refractivity contribution in [1.82, 2.24) is 4.72 Å². The Kier molecular flexibility index (Phi) is 4.71. The van der Waals surface area contributed by atoms with Crippen LogP contribution >= 0.6 is 23.1 Å². The highest BCUT2D eigenvalue weighted by molar-refractivity contribution is 8.00. The van der Waals surface area contributed by atoms with E-state index in [1.165, 1.54) is 11.3 Å². The van der Waals surface area contributed by atoms with Crippen molar-refractivity contribution in [3.8, 4) is 0 Å². The van der Waals surface area contributed by atoms with E-state index >= 15 is 0 Å². The minimum atomic E-state index is -3.49. The fourth-order valence-corrected chi connectivity index (χ4v) is 6.08. The standard InChI is InChI=1S/C11H17NO3S3/c1-8-7-17-10(6-13)11(8)18(14,15)12-5-9-3-2-4-16-9/h7,9,12-13H,2-6H2,1H3. The van der Waals surface area contributed by atoms with Gasteiger partial charge in [-0.25, -0.2) is 13.1 Å². The Labute approximate surface area is 116 Å². The Bertz CT molecular complexity index is 504. The molecule has 7 heteroatoms. The number of sulfonamides is 1. The van der Waals surface area contributed by atoms with Crippen LogP contribution in [0.4, 0.5) is 0 Å². The zero-order chi connectivity index (χ0) is 13.2. The van der Waals surface area contributed by atoms with Crippen molar-refractivity contribution in [3.63, 3.8) is 0 Å². The molecule has 102 valence electrons. The molecular weight excluding hydrogens is 290 g/mol. The second-order valence-corrected chi connectivity index (χ2v) is 8.39. The SMILES string of the molecule is Cc1csc(CO)c1S(=O)(=O)NCC1CCCS1. The van der Waals surface area contributed by atoms with Gasteiger partial charge >= 0.3 is 0 Å². The van der Waals surface area contributed by atoms with Gasteiger partial charge in [-0.2, -0.15) is 11.8 Å². The van der Waals surface area contributed by atoms with Gasteiger partial charge in [0.05, 0.1) is 11.5 Å². The van der Waals surface area contributed by atoms with Gasteiger partial charge in [0, 0.05) is 11.8 Å². The number of nitrogens with one attached hydrogen (secondary N) is 1. The summed E-state index contributed by atoms with van der Waals surface area (Å²) in [6, 6.07) is 0. The number of aliphatic hydroxyl groups excluding tert-OH is 1. The summed E-state index contributed by atoms with van der Waals surface area (Å²) in [4.78, 5) is 0.775. The van der Waals surface area contributed by atoms with Gasteiger partial charge in [-0.1, -0.05) is 0 Å². The Hall–Kier alpha value is -0.0800. The van der Waals surface area contributed by atoms with Crippen LogP contribution in [0.15, 0.2) is 10.3 Å². The minimum Gasteiger partial charge on any atom is -0.391 e. The summed E-state index contributed by atoms with van der Waals surface area (Å²) in [5.74, 6) is 1.12. The summed E-state index contributed by atoms with van der Waals surface area (Å²) in [6.07, 6.45) is 2.24. The first-order valence-corrected chi connectivity index (χ1v) is 9.25. The van der Waals surface area contributed by atoms with Crippen molar-refractivity contribution in [2.75, 3.05) is 12.3 Å². The van der Waals surface area contributed by atoms with Crippen LogP contribution in [-0.4, -0.2) is 31.1 Å². The van der Waals surface area contributed by atoms with Gasteiger partial charge in [0.15, 0.2) is 0 Å². The molecule has 4 nitrogen and oxygen atoms in total. The van der Waals surface area contributed by atoms with Crippen LogP contribution in [0, 0.1) is 6.92 Å². The van der Waals surface area contributed by atoms with Crippen LogP contribution in [-0.2, 0) is 16.6 Å². The molecule has 0 bridgehead atoms. The van der Waals surface area contributed by atoms with Gasteiger partial charge in [0.25, 0.3) is 0 Å². The molecule has 2 rings (SSSR count). The summed E-state index contributed by atoms with van der Waals surface area (Å²) in [5, 5.41) is 11.3. The van der Waals surface area contributed by atoms with E-state index < -0.39 is 10.0 Å². The van der Waals surface area contributed by atoms with Crippen LogP contribution in [0.3, 0.4) is 0 Å². The maximum absolute atomic E-state index is 12.2. The topological polar surface area (TPSA) is 66.4 Å². The van der Waals surface area contributed by atoms with Crippen molar-refractivity contribution in [3.05, 3.63) is 15.8 Å². The molecule has 0 spiro atoms. The molecule has 1 aromatic heterocycles. The molecule has 1 aromatic rings. The van der Waals surface area contributed by atoms with Crippen molar-refractivity contribution in [1.29, 1.82) is 0 Å². The predicted molar refractivity (Wildman–Crippen MR) is 75.6 cm³/mol. The second kappa shape index (κ2) is 5.92. The summed E-state index contributed by atoms with van der Waals surface area (Å²) in [5.41, 5.74) is 0.704. The molecule has 1 aliphatic rings. The zero-order valence-corrected chi connectivity index (χ0v) is 12.6. The lowest BCUT2D eigenvalue weighted by Crippen LogP contribution is -2.30. The third-order valence-electron chi connectivity index (χ3n) is 2.93. The van der Waals surface area contributed by atoms with Gasteiger partial charge in [0.2, 0.25) is 10.0 Å². The van der Waals surface area contributed by atoms with Crippen molar-refractivity contribution in [2.45, 2.75) is 36.5 Å². The number of thiophene rings is 1. The quantitative estimate of drug-likeness (QED) is 0.869. The van der Waals surface area contributed by atoms with E-state index in [4.69, 9.17) is 0 Å². The molecule has 2 N–H and O–H groups in total. The van der Waals surface area contributed by atoms with Crippen LogP contribution in [0.1, 0.15) is 23.3 Å². The van der Waals surface area contributed by atoms with Gasteiger partial charge in [-0.3, -0.25) is 0 Å². The maximum atomic E-state index is 12.2. The minimum absolute atomic E-state index is 0.229. The molecule has 1 aliphatic heterocycles.